The number of hydrogen-bond donors (Lipinski definition) is 0. The molecule has 4 rings (SSSR count). The van der Waals surface area contributed by atoms with Crippen molar-refractivity contribution in [2.75, 3.05) is 19.7 Å². The molecule has 0 aromatic carbocycles. The zero-order chi connectivity index (χ0) is 16.5. The molecule has 1 unspecified atom stereocenters. The Hall–Kier alpha value is -2.18. The summed E-state index contributed by atoms with van der Waals surface area (Å²) in [7, 11) is 0. The number of fused-ring (bicyclic) bond motifs is 1. The largest absolute Gasteiger partial charge is 0.374 e. The van der Waals surface area contributed by atoms with Gasteiger partial charge in [-0.05, 0) is 32.0 Å². The van der Waals surface area contributed by atoms with Gasteiger partial charge in [-0.2, -0.15) is 5.10 Å². The number of morpholine rings is 1. The number of nitrogens with zero attached hydrogens (tertiary/aromatic N) is 5. The Morgan fingerprint density at radius 3 is 3.00 bits per heavy atom. The summed E-state index contributed by atoms with van der Waals surface area (Å²) in [6.45, 7) is 8.41. The Morgan fingerprint density at radius 2 is 2.21 bits per heavy atom. The van der Waals surface area contributed by atoms with Gasteiger partial charge < -0.3 is 9.14 Å². The SMILES string of the molecule is Cc1cc(C)n(CC2CN(Cc3cn4ccccc4n3)CCO2)n1. The van der Waals surface area contributed by atoms with E-state index < -0.39 is 0 Å². The third kappa shape index (κ3) is 3.20. The molecule has 0 bridgehead atoms. The van der Waals surface area contributed by atoms with Crippen LogP contribution in [-0.2, 0) is 17.8 Å². The first-order valence-corrected chi connectivity index (χ1v) is 8.45. The van der Waals surface area contributed by atoms with Gasteiger partial charge in [0.05, 0.1) is 30.6 Å². The summed E-state index contributed by atoms with van der Waals surface area (Å²) in [5.41, 5.74) is 4.35. The number of ether oxygens (including phenoxy) is 1. The molecule has 1 fully saturated rings. The lowest BCUT2D eigenvalue weighted by atomic mass is 10.2. The van der Waals surface area contributed by atoms with E-state index in [2.05, 4.69) is 38.3 Å². The minimum atomic E-state index is 0.175. The summed E-state index contributed by atoms with van der Waals surface area (Å²) in [5, 5.41) is 4.54. The molecule has 1 saturated heterocycles. The minimum absolute atomic E-state index is 0.175. The second-order valence-electron chi connectivity index (χ2n) is 6.54. The van der Waals surface area contributed by atoms with Crippen molar-refractivity contribution < 1.29 is 4.74 Å². The molecular weight excluding hydrogens is 302 g/mol. The van der Waals surface area contributed by atoms with Gasteiger partial charge in [0.25, 0.3) is 0 Å². The number of aryl methyl sites for hydroxylation is 2. The zero-order valence-corrected chi connectivity index (χ0v) is 14.2. The van der Waals surface area contributed by atoms with Gasteiger partial charge in [0.1, 0.15) is 5.65 Å². The Balaban J connectivity index is 1.42. The van der Waals surface area contributed by atoms with Crippen LogP contribution in [0, 0.1) is 13.8 Å². The number of rotatable bonds is 4. The number of hydrogen-bond acceptors (Lipinski definition) is 4. The standard InChI is InChI=1S/C18H23N5O/c1-14-9-15(2)23(20-14)13-17-12-21(7-8-24-17)10-16-11-22-6-4-3-5-18(22)19-16/h3-6,9,11,17H,7-8,10,12-13H2,1-2H3. The monoisotopic (exact) mass is 325 g/mol. The average Bonchev–Trinajstić information content (AvgIpc) is 3.10. The topological polar surface area (TPSA) is 47.6 Å². The third-order valence-electron chi connectivity index (χ3n) is 4.50. The average molecular weight is 325 g/mol. The summed E-state index contributed by atoms with van der Waals surface area (Å²) in [5.74, 6) is 0. The van der Waals surface area contributed by atoms with Crippen LogP contribution < -0.4 is 0 Å². The van der Waals surface area contributed by atoms with Crippen LogP contribution in [-0.4, -0.2) is 49.9 Å². The fourth-order valence-corrected chi connectivity index (χ4v) is 3.38. The van der Waals surface area contributed by atoms with E-state index in [1.165, 1.54) is 5.69 Å². The molecule has 126 valence electrons. The lowest BCUT2D eigenvalue weighted by Crippen LogP contribution is -2.44. The fraction of sp³-hybridized carbons (Fsp3) is 0.444. The number of pyridine rings is 1. The number of aromatic nitrogens is 4. The van der Waals surface area contributed by atoms with Gasteiger partial charge in [-0.1, -0.05) is 6.07 Å². The third-order valence-corrected chi connectivity index (χ3v) is 4.50. The molecule has 0 spiro atoms. The molecule has 4 heterocycles. The van der Waals surface area contributed by atoms with Crippen LogP contribution >= 0.6 is 0 Å². The van der Waals surface area contributed by atoms with Crippen molar-refractivity contribution in [3.63, 3.8) is 0 Å². The Labute approximate surface area is 141 Å². The first kappa shape index (κ1) is 15.4. The lowest BCUT2D eigenvalue weighted by Gasteiger charge is -2.32. The van der Waals surface area contributed by atoms with Gasteiger partial charge in [0, 0.05) is 37.7 Å². The van der Waals surface area contributed by atoms with Crippen molar-refractivity contribution in [2.24, 2.45) is 0 Å². The van der Waals surface area contributed by atoms with E-state index in [9.17, 15) is 0 Å². The summed E-state index contributed by atoms with van der Waals surface area (Å²) < 4.78 is 10.1. The molecule has 0 radical (unpaired) electrons. The lowest BCUT2D eigenvalue weighted by molar-refractivity contribution is -0.0407. The molecule has 3 aromatic rings. The van der Waals surface area contributed by atoms with Gasteiger partial charge in [-0.15, -0.1) is 0 Å². The Bertz CT molecular complexity index is 804. The highest BCUT2D eigenvalue weighted by Gasteiger charge is 2.22. The molecule has 1 aliphatic rings. The van der Waals surface area contributed by atoms with E-state index in [4.69, 9.17) is 9.72 Å². The normalized spacial score (nSPS) is 19.2. The molecule has 1 aliphatic heterocycles. The predicted octanol–water partition coefficient (Wildman–Crippen LogP) is 2.05. The molecule has 0 amide bonds. The smallest absolute Gasteiger partial charge is 0.137 e. The van der Waals surface area contributed by atoms with E-state index in [1.54, 1.807) is 0 Å². The van der Waals surface area contributed by atoms with Crippen LogP contribution in [0.15, 0.2) is 36.7 Å². The summed E-state index contributed by atoms with van der Waals surface area (Å²) in [6, 6.07) is 8.19. The molecule has 1 atom stereocenters. The van der Waals surface area contributed by atoms with E-state index in [-0.39, 0.29) is 6.10 Å². The zero-order valence-electron chi connectivity index (χ0n) is 14.2. The van der Waals surface area contributed by atoms with Crippen LogP contribution in [0.4, 0.5) is 0 Å². The molecule has 0 N–H and O–H groups in total. The molecule has 6 heteroatoms. The molecule has 6 nitrogen and oxygen atoms in total. The fourth-order valence-electron chi connectivity index (χ4n) is 3.38. The van der Waals surface area contributed by atoms with Crippen molar-refractivity contribution in [2.45, 2.75) is 33.0 Å². The van der Waals surface area contributed by atoms with Crippen molar-refractivity contribution in [1.29, 1.82) is 0 Å². The van der Waals surface area contributed by atoms with Crippen LogP contribution in [0.25, 0.3) is 5.65 Å². The first-order chi connectivity index (χ1) is 11.7. The van der Waals surface area contributed by atoms with Crippen molar-refractivity contribution in [3.05, 3.63) is 53.7 Å². The van der Waals surface area contributed by atoms with E-state index in [1.807, 2.05) is 31.3 Å². The van der Waals surface area contributed by atoms with Gasteiger partial charge in [0.2, 0.25) is 0 Å². The molecule has 24 heavy (non-hydrogen) atoms. The summed E-state index contributed by atoms with van der Waals surface area (Å²) in [6.07, 6.45) is 4.33. The van der Waals surface area contributed by atoms with Crippen LogP contribution in [0.5, 0.6) is 0 Å². The second-order valence-corrected chi connectivity index (χ2v) is 6.54. The first-order valence-electron chi connectivity index (χ1n) is 8.45. The van der Waals surface area contributed by atoms with E-state index in [0.717, 1.165) is 49.8 Å². The minimum Gasteiger partial charge on any atom is -0.374 e. The molecule has 0 saturated carbocycles. The summed E-state index contributed by atoms with van der Waals surface area (Å²) >= 11 is 0. The van der Waals surface area contributed by atoms with E-state index in [0.29, 0.717) is 0 Å². The maximum absolute atomic E-state index is 5.94. The Morgan fingerprint density at radius 1 is 1.29 bits per heavy atom. The van der Waals surface area contributed by atoms with Gasteiger partial charge in [-0.3, -0.25) is 9.58 Å². The quantitative estimate of drug-likeness (QED) is 0.736. The second kappa shape index (κ2) is 6.37. The highest BCUT2D eigenvalue weighted by Crippen LogP contribution is 2.13. The van der Waals surface area contributed by atoms with Gasteiger partial charge in [-0.25, -0.2) is 4.98 Å². The van der Waals surface area contributed by atoms with Gasteiger partial charge in [0.15, 0.2) is 0 Å². The predicted molar refractivity (Wildman–Crippen MR) is 91.9 cm³/mol. The van der Waals surface area contributed by atoms with Crippen molar-refractivity contribution in [3.8, 4) is 0 Å². The highest BCUT2D eigenvalue weighted by atomic mass is 16.5. The maximum atomic E-state index is 5.94. The van der Waals surface area contributed by atoms with E-state index >= 15 is 0 Å². The highest BCUT2D eigenvalue weighted by molar-refractivity contribution is 5.39. The maximum Gasteiger partial charge on any atom is 0.137 e. The van der Waals surface area contributed by atoms with Crippen molar-refractivity contribution >= 4 is 5.65 Å². The molecule has 3 aromatic heterocycles. The van der Waals surface area contributed by atoms with Crippen LogP contribution in [0.3, 0.4) is 0 Å². The van der Waals surface area contributed by atoms with Crippen molar-refractivity contribution in [1.82, 2.24) is 24.1 Å². The van der Waals surface area contributed by atoms with Gasteiger partial charge >= 0.3 is 0 Å². The summed E-state index contributed by atoms with van der Waals surface area (Å²) in [4.78, 5) is 7.11. The molecular formula is C18H23N5O. The number of imidazole rings is 1. The van der Waals surface area contributed by atoms with Crippen LogP contribution in [0.2, 0.25) is 0 Å². The van der Waals surface area contributed by atoms with Crippen LogP contribution in [0.1, 0.15) is 17.1 Å². The molecule has 0 aliphatic carbocycles. The Kier molecular flexibility index (Phi) is 4.08.